The van der Waals surface area contributed by atoms with E-state index in [-0.39, 0.29) is 0 Å². The van der Waals surface area contributed by atoms with Gasteiger partial charge in [-0.15, -0.1) is 0 Å². The molecule has 0 aromatic heterocycles. The van der Waals surface area contributed by atoms with Crippen molar-refractivity contribution in [2.24, 2.45) is 0 Å². The van der Waals surface area contributed by atoms with Gasteiger partial charge in [-0.25, -0.2) is 0 Å². The molecule has 2 atom stereocenters. The second-order valence-electron chi connectivity index (χ2n) is 5.41. The van der Waals surface area contributed by atoms with Gasteiger partial charge in [-0.3, -0.25) is 0 Å². The van der Waals surface area contributed by atoms with E-state index in [0.717, 1.165) is 0 Å². The van der Waals surface area contributed by atoms with Crippen LogP contribution in [0.5, 0.6) is 0 Å². The summed E-state index contributed by atoms with van der Waals surface area (Å²) in [6.07, 6.45) is 0. The summed E-state index contributed by atoms with van der Waals surface area (Å²) in [5.74, 6) is 0.990. The Morgan fingerprint density at radius 1 is 0.400 bits per heavy atom. The Labute approximate surface area is 119 Å². The first-order valence-electron chi connectivity index (χ1n) is 7.14. The van der Waals surface area contributed by atoms with Gasteiger partial charge in [-0.2, -0.15) is 0 Å². The normalized spacial score (nSPS) is 20.0. The monoisotopic (exact) mass is 256 g/mol. The minimum Gasteiger partial charge on any atom is -0.0622 e. The van der Waals surface area contributed by atoms with Crippen LogP contribution in [0.25, 0.3) is 0 Å². The van der Waals surface area contributed by atoms with Crippen LogP contribution in [0.15, 0.2) is 84.9 Å². The van der Waals surface area contributed by atoms with Crippen LogP contribution in [0, 0.1) is 0 Å². The minimum atomic E-state index is 0.495. The van der Waals surface area contributed by atoms with E-state index in [0.29, 0.717) is 11.8 Å². The van der Waals surface area contributed by atoms with Crippen LogP contribution < -0.4 is 0 Å². The number of rotatable bonds is 2. The highest BCUT2D eigenvalue weighted by Crippen LogP contribution is 2.53. The second kappa shape index (κ2) is 4.64. The van der Waals surface area contributed by atoms with Crippen molar-refractivity contribution in [1.29, 1.82) is 0 Å². The van der Waals surface area contributed by atoms with Crippen LogP contribution >= 0.6 is 0 Å². The summed E-state index contributed by atoms with van der Waals surface area (Å²) in [6.45, 7) is 0. The Morgan fingerprint density at radius 2 is 0.750 bits per heavy atom. The molecule has 0 unspecified atom stereocenters. The smallest absolute Gasteiger partial charge is 0.0202 e. The van der Waals surface area contributed by atoms with Crippen molar-refractivity contribution in [1.82, 2.24) is 0 Å². The van der Waals surface area contributed by atoms with E-state index in [1.165, 1.54) is 22.3 Å². The molecule has 0 fully saturated rings. The molecule has 0 radical (unpaired) electrons. The molecule has 4 rings (SSSR count). The molecule has 0 heteroatoms. The highest BCUT2D eigenvalue weighted by molar-refractivity contribution is 5.56. The average Bonchev–Trinajstić information content (AvgIpc) is 2.51. The molecule has 0 aliphatic heterocycles. The van der Waals surface area contributed by atoms with Gasteiger partial charge in [0.25, 0.3) is 0 Å². The van der Waals surface area contributed by atoms with Gasteiger partial charge >= 0.3 is 0 Å². The molecule has 20 heavy (non-hydrogen) atoms. The maximum Gasteiger partial charge on any atom is 0.0202 e. The quantitative estimate of drug-likeness (QED) is 0.607. The Bertz CT molecular complexity index is 649. The molecule has 3 aromatic carbocycles. The molecule has 0 saturated carbocycles. The van der Waals surface area contributed by atoms with Gasteiger partial charge in [0.1, 0.15) is 0 Å². The predicted octanol–water partition coefficient (Wildman–Crippen LogP) is 4.96. The predicted molar refractivity (Wildman–Crippen MR) is 83.0 cm³/mol. The van der Waals surface area contributed by atoms with Gasteiger partial charge in [0, 0.05) is 11.8 Å². The molecule has 1 aliphatic rings. The van der Waals surface area contributed by atoms with Crippen LogP contribution in [-0.2, 0) is 0 Å². The molecule has 0 nitrogen and oxygen atoms in total. The van der Waals surface area contributed by atoms with Gasteiger partial charge in [0.15, 0.2) is 0 Å². The molecule has 0 spiro atoms. The van der Waals surface area contributed by atoms with E-state index in [9.17, 15) is 0 Å². The van der Waals surface area contributed by atoms with Crippen molar-refractivity contribution in [2.45, 2.75) is 11.8 Å². The van der Waals surface area contributed by atoms with Gasteiger partial charge in [0.05, 0.1) is 0 Å². The van der Waals surface area contributed by atoms with Crippen molar-refractivity contribution in [2.75, 3.05) is 0 Å². The van der Waals surface area contributed by atoms with Crippen molar-refractivity contribution in [3.05, 3.63) is 107 Å². The Kier molecular flexibility index (Phi) is 2.67. The Morgan fingerprint density at radius 3 is 1.15 bits per heavy atom. The standard InChI is InChI=1S/C20H16/c1-3-9-15(10-4-1)19-17-13-7-8-14-18(17)20(19)16-11-5-2-6-12-16/h1-14,19-20H/t19-,20+. The average molecular weight is 256 g/mol. The first-order valence-corrected chi connectivity index (χ1v) is 7.14. The summed E-state index contributed by atoms with van der Waals surface area (Å²) < 4.78 is 0. The number of fused-ring (bicyclic) bond motifs is 1. The Balaban J connectivity index is 1.85. The fraction of sp³-hybridized carbons (Fsp3) is 0.100. The fourth-order valence-corrected chi connectivity index (χ4v) is 3.41. The molecule has 0 amide bonds. The third kappa shape index (κ3) is 1.69. The van der Waals surface area contributed by atoms with Crippen molar-refractivity contribution >= 4 is 0 Å². The third-order valence-corrected chi connectivity index (χ3v) is 4.32. The van der Waals surface area contributed by atoms with E-state index in [1.54, 1.807) is 0 Å². The Hall–Kier alpha value is -2.34. The van der Waals surface area contributed by atoms with E-state index >= 15 is 0 Å². The van der Waals surface area contributed by atoms with Gasteiger partial charge in [-0.1, -0.05) is 84.9 Å². The molecular formula is C20H16. The van der Waals surface area contributed by atoms with E-state index in [1.807, 2.05) is 0 Å². The summed E-state index contributed by atoms with van der Waals surface area (Å²) in [5, 5.41) is 0. The molecule has 0 N–H and O–H groups in total. The molecule has 0 bridgehead atoms. The molecule has 0 saturated heterocycles. The SMILES string of the molecule is c1ccc([C@@H]2c3ccccc3[C@@H]2c2ccccc2)cc1. The van der Waals surface area contributed by atoms with Gasteiger partial charge < -0.3 is 0 Å². The molecule has 3 aromatic rings. The lowest BCUT2D eigenvalue weighted by Crippen LogP contribution is -2.26. The third-order valence-electron chi connectivity index (χ3n) is 4.32. The van der Waals surface area contributed by atoms with Crippen molar-refractivity contribution in [3.8, 4) is 0 Å². The van der Waals surface area contributed by atoms with E-state index in [4.69, 9.17) is 0 Å². The van der Waals surface area contributed by atoms with Crippen LogP contribution in [-0.4, -0.2) is 0 Å². The van der Waals surface area contributed by atoms with E-state index in [2.05, 4.69) is 84.9 Å². The zero-order valence-corrected chi connectivity index (χ0v) is 11.2. The highest BCUT2D eigenvalue weighted by atomic mass is 14.4. The summed E-state index contributed by atoms with van der Waals surface area (Å²) in [5.41, 5.74) is 5.79. The first kappa shape index (κ1) is 11.5. The fourth-order valence-electron chi connectivity index (χ4n) is 3.41. The lowest BCUT2D eigenvalue weighted by molar-refractivity contribution is 0.607. The lowest BCUT2D eigenvalue weighted by atomic mass is 9.62. The van der Waals surface area contributed by atoms with Crippen LogP contribution in [0.4, 0.5) is 0 Å². The molecular weight excluding hydrogens is 240 g/mol. The topological polar surface area (TPSA) is 0 Å². The molecule has 0 heterocycles. The van der Waals surface area contributed by atoms with Crippen LogP contribution in [0.2, 0.25) is 0 Å². The zero-order valence-electron chi connectivity index (χ0n) is 11.2. The minimum absolute atomic E-state index is 0.495. The van der Waals surface area contributed by atoms with Gasteiger partial charge in [-0.05, 0) is 22.3 Å². The van der Waals surface area contributed by atoms with Crippen LogP contribution in [0.1, 0.15) is 34.1 Å². The van der Waals surface area contributed by atoms with Crippen LogP contribution in [0.3, 0.4) is 0 Å². The van der Waals surface area contributed by atoms with E-state index < -0.39 is 0 Å². The summed E-state index contributed by atoms with van der Waals surface area (Å²) in [7, 11) is 0. The summed E-state index contributed by atoms with van der Waals surface area (Å²) >= 11 is 0. The number of hydrogen-bond acceptors (Lipinski definition) is 0. The number of hydrogen-bond donors (Lipinski definition) is 0. The largest absolute Gasteiger partial charge is 0.0622 e. The second-order valence-corrected chi connectivity index (χ2v) is 5.41. The maximum absolute atomic E-state index is 2.27. The molecule has 1 aliphatic carbocycles. The first-order chi connectivity index (χ1) is 9.95. The summed E-state index contributed by atoms with van der Waals surface area (Å²) in [6, 6.07) is 30.6. The maximum atomic E-state index is 2.27. The summed E-state index contributed by atoms with van der Waals surface area (Å²) in [4.78, 5) is 0. The highest BCUT2D eigenvalue weighted by Gasteiger charge is 2.38. The zero-order chi connectivity index (χ0) is 13.4. The van der Waals surface area contributed by atoms with Crippen molar-refractivity contribution in [3.63, 3.8) is 0 Å². The number of benzene rings is 3. The van der Waals surface area contributed by atoms with Gasteiger partial charge in [0.2, 0.25) is 0 Å². The van der Waals surface area contributed by atoms with Crippen molar-refractivity contribution < 1.29 is 0 Å². The molecule has 96 valence electrons. The lowest BCUT2D eigenvalue weighted by Gasteiger charge is -2.40.